The number of hydrogen-bond acceptors (Lipinski definition) is 6. The van der Waals surface area contributed by atoms with Crippen molar-refractivity contribution in [2.24, 2.45) is 0 Å². The van der Waals surface area contributed by atoms with E-state index in [2.05, 4.69) is 163 Å². The summed E-state index contributed by atoms with van der Waals surface area (Å²) in [5.41, 5.74) is 14.5. The molecule has 0 spiro atoms. The molecule has 4 aromatic heterocycles. The average Bonchev–Trinajstić information content (AvgIpc) is 4.04. The average molecular weight is 911 g/mol. The molecule has 0 saturated heterocycles. The van der Waals surface area contributed by atoms with Crippen LogP contribution < -0.4 is 0 Å². The minimum Gasteiger partial charge on any atom is -0.309 e. The van der Waals surface area contributed by atoms with Crippen LogP contribution in [0.1, 0.15) is 25.0 Å². The van der Waals surface area contributed by atoms with E-state index in [1.165, 1.54) is 22.3 Å². The van der Waals surface area contributed by atoms with Gasteiger partial charge in [0.1, 0.15) is 0 Å². The van der Waals surface area contributed by atoms with Gasteiger partial charge in [-0.2, -0.15) is 9.97 Å². The first-order chi connectivity index (χ1) is 35.0. The molecule has 0 saturated carbocycles. The van der Waals surface area contributed by atoms with Crippen molar-refractivity contribution in [2.75, 3.05) is 0 Å². The Morgan fingerprint density at radius 1 is 0.338 bits per heavy atom. The SMILES string of the molecule is CC1(C)c2ccccc2-c2cccc(-c3nc(-c4ccccc4)nc(-c4cccc(-n5c6ccccc6c6ccc7c(c8ccccc8n7-c7nc(-c8ccccc8)nc(-c8ccccc8)n7)c65)c4)n3)c21. The van der Waals surface area contributed by atoms with Gasteiger partial charge in [-0.15, -0.1) is 0 Å². The number of aromatic nitrogens is 8. The van der Waals surface area contributed by atoms with E-state index in [1.54, 1.807) is 0 Å². The van der Waals surface area contributed by atoms with E-state index in [-0.39, 0.29) is 5.41 Å². The molecule has 8 heteroatoms. The van der Waals surface area contributed by atoms with E-state index >= 15 is 0 Å². The third-order valence-corrected chi connectivity index (χ3v) is 14.2. The Kier molecular flexibility index (Phi) is 9.06. The first kappa shape index (κ1) is 40.6. The highest BCUT2D eigenvalue weighted by molar-refractivity contribution is 6.26. The zero-order valence-electron chi connectivity index (χ0n) is 38.9. The molecule has 4 heterocycles. The van der Waals surface area contributed by atoms with E-state index in [1.807, 2.05) is 78.9 Å². The molecule has 1 aliphatic carbocycles. The maximum Gasteiger partial charge on any atom is 0.238 e. The lowest BCUT2D eigenvalue weighted by atomic mass is 9.80. The van der Waals surface area contributed by atoms with Crippen molar-refractivity contribution in [2.45, 2.75) is 19.3 Å². The molecule has 0 fully saturated rings. The van der Waals surface area contributed by atoms with Crippen molar-refractivity contribution in [3.8, 4) is 79.7 Å². The summed E-state index contributed by atoms with van der Waals surface area (Å²) in [5, 5.41) is 4.48. The fraction of sp³-hybridized carbons (Fsp3) is 0.0476. The van der Waals surface area contributed by atoms with E-state index in [9.17, 15) is 0 Å². The number of para-hydroxylation sites is 2. The van der Waals surface area contributed by atoms with Crippen LogP contribution in [0.5, 0.6) is 0 Å². The Morgan fingerprint density at radius 2 is 0.831 bits per heavy atom. The van der Waals surface area contributed by atoms with E-state index in [0.29, 0.717) is 35.1 Å². The summed E-state index contributed by atoms with van der Waals surface area (Å²) in [6.45, 7) is 4.61. The number of nitrogens with zero attached hydrogens (tertiary/aromatic N) is 8. The Morgan fingerprint density at radius 3 is 1.51 bits per heavy atom. The van der Waals surface area contributed by atoms with Crippen molar-refractivity contribution >= 4 is 43.6 Å². The lowest BCUT2D eigenvalue weighted by molar-refractivity contribution is 0.661. The van der Waals surface area contributed by atoms with Crippen LogP contribution >= 0.6 is 0 Å². The fourth-order valence-corrected chi connectivity index (χ4v) is 11.0. The quantitative estimate of drug-likeness (QED) is 0.158. The monoisotopic (exact) mass is 910 g/mol. The minimum atomic E-state index is -0.259. The molecule has 0 radical (unpaired) electrons. The smallest absolute Gasteiger partial charge is 0.238 e. The molecular weight excluding hydrogens is 869 g/mol. The summed E-state index contributed by atoms with van der Waals surface area (Å²) in [4.78, 5) is 31.4. The van der Waals surface area contributed by atoms with Crippen LogP contribution in [-0.4, -0.2) is 39.0 Å². The van der Waals surface area contributed by atoms with Gasteiger partial charge in [-0.25, -0.2) is 19.9 Å². The van der Waals surface area contributed by atoms with Crippen LogP contribution in [0.25, 0.3) is 123 Å². The molecule has 9 aromatic carbocycles. The molecule has 0 aliphatic heterocycles. The molecule has 0 unspecified atom stereocenters. The topological polar surface area (TPSA) is 87.2 Å². The number of hydrogen-bond donors (Lipinski definition) is 0. The third-order valence-electron chi connectivity index (χ3n) is 14.2. The van der Waals surface area contributed by atoms with Crippen molar-refractivity contribution in [1.29, 1.82) is 0 Å². The number of benzene rings is 9. The third kappa shape index (κ3) is 6.38. The molecule has 0 bridgehead atoms. The van der Waals surface area contributed by atoms with Crippen molar-refractivity contribution < 1.29 is 0 Å². The van der Waals surface area contributed by atoms with Crippen LogP contribution in [0.4, 0.5) is 0 Å². The molecule has 0 atom stereocenters. The second-order valence-corrected chi connectivity index (χ2v) is 18.7. The van der Waals surface area contributed by atoms with Gasteiger partial charge in [-0.05, 0) is 52.6 Å². The Hall–Kier alpha value is -9.40. The van der Waals surface area contributed by atoms with E-state index < -0.39 is 0 Å². The van der Waals surface area contributed by atoms with Gasteiger partial charge in [0, 0.05) is 60.5 Å². The summed E-state index contributed by atoms with van der Waals surface area (Å²) in [6, 6.07) is 76.0. The van der Waals surface area contributed by atoms with E-state index in [4.69, 9.17) is 29.9 Å². The molecule has 1 aliphatic rings. The van der Waals surface area contributed by atoms with Gasteiger partial charge >= 0.3 is 0 Å². The van der Waals surface area contributed by atoms with Crippen molar-refractivity contribution in [3.05, 3.63) is 230 Å². The largest absolute Gasteiger partial charge is 0.309 e. The minimum absolute atomic E-state index is 0.259. The zero-order valence-corrected chi connectivity index (χ0v) is 38.9. The van der Waals surface area contributed by atoms with Gasteiger partial charge in [0.05, 0.1) is 22.1 Å². The Bertz CT molecular complexity index is 4190. The Labute approximate surface area is 409 Å². The summed E-state index contributed by atoms with van der Waals surface area (Å²) in [7, 11) is 0. The van der Waals surface area contributed by atoms with Gasteiger partial charge in [-0.3, -0.25) is 4.57 Å². The van der Waals surface area contributed by atoms with Crippen LogP contribution in [0.3, 0.4) is 0 Å². The zero-order chi connectivity index (χ0) is 47.2. The highest BCUT2D eigenvalue weighted by Crippen LogP contribution is 2.52. The molecule has 13 aromatic rings. The summed E-state index contributed by atoms with van der Waals surface area (Å²) in [5.74, 6) is 3.63. The maximum absolute atomic E-state index is 5.38. The standard InChI is InChI=1S/C63H42N8/c1-63(2)50-33-15-12-28-44(50)46-31-19-32-49(55(46)63)61-66-57(39-20-6-3-7-21-39)64-60(67-61)42-26-18-27-43(38-42)70-51-34-16-13-29-45(51)47-36-37-53-54(56(47)70)48-30-14-17-35-52(48)71(53)62-68-58(40-22-8-4-9-23-40)65-59(69-62)41-24-10-5-11-25-41/h3-38H,1-2H3. The maximum atomic E-state index is 5.38. The van der Waals surface area contributed by atoms with Gasteiger partial charge in [0.25, 0.3) is 0 Å². The highest BCUT2D eigenvalue weighted by atomic mass is 15.2. The summed E-state index contributed by atoms with van der Waals surface area (Å²) in [6.07, 6.45) is 0. The van der Waals surface area contributed by atoms with Gasteiger partial charge in [0.2, 0.25) is 5.95 Å². The lowest BCUT2D eigenvalue weighted by Crippen LogP contribution is -2.17. The summed E-state index contributed by atoms with van der Waals surface area (Å²) >= 11 is 0. The second-order valence-electron chi connectivity index (χ2n) is 18.7. The van der Waals surface area contributed by atoms with Crippen LogP contribution in [0.2, 0.25) is 0 Å². The van der Waals surface area contributed by atoms with Gasteiger partial charge in [-0.1, -0.05) is 202 Å². The second kappa shape index (κ2) is 15.8. The molecule has 8 nitrogen and oxygen atoms in total. The van der Waals surface area contributed by atoms with Crippen LogP contribution in [0, 0.1) is 0 Å². The predicted molar refractivity (Wildman–Crippen MR) is 287 cm³/mol. The van der Waals surface area contributed by atoms with E-state index in [0.717, 1.165) is 77.1 Å². The Balaban J connectivity index is 0.998. The van der Waals surface area contributed by atoms with Crippen molar-refractivity contribution in [3.63, 3.8) is 0 Å². The van der Waals surface area contributed by atoms with Crippen LogP contribution in [0.15, 0.2) is 218 Å². The normalized spacial score (nSPS) is 12.8. The molecular formula is C63H42N8. The molecule has 0 amide bonds. The lowest BCUT2D eigenvalue weighted by Gasteiger charge is -2.24. The molecule has 71 heavy (non-hydrogen) atoms. The molecule has 334 valence electrons. The predicted octanol–water partition coefficient (Wildman–Crippen LogP) is 14.9. The van der Waals surface area contributed by atoms with Gasteiger partial charge < -0.3 is 4.57 Å². The number of fused-ring (bicyclic) bond motifs is 10. The molecule has 14 rings (SSSR count). The van der Waals surface area contributed by atoms with Crippen LogP contribution in [-0.2, 0) is 5.41 Å². The first-order valence-corrected chi connectivity index (χ1v) is 24.0. The fourth-order valence-electron chi connectivity index (χ4n) is 11.0. The van der Waals surface area contributed by atoms with Crippen molar-refractivity contribution in [1.82, 2.24) is 39.0 Å². The van der Waals surface area contributed by atoms with Gasteiger partial charge in [0.15, 0.2) is 29.1 Å². The highest BCUT2D eigenvalue weighted by Gasteiger charge is 2.38. The number of rotatable bonds is 7. The summed E-state index contributed by atoms with van der Waals surface area (Å²) < 4.78 is 4.59. The first-order valence-electron chi connectivity index (χ1n) is 24.0. The molecule has 0 N–H and O–H groups in total.